The van der Waals surface area contributed by atoms with Crippen molar-refractivity contribution < 1.29 is 26.8 Å². The van der Waals surface area contributed by atoms with Crippen molar-refractivity contribution in [1.29, 1.82) is 0 Å². The molecule has 9 heteroatoms. The summed E-state index contributed by atoms with van der Waals surface area (Å²) in [5.41, 5.74) is -0.330. The first kappa shape index (κ1) is 17.3. The van der Waals surface area contributed by atoms with E-state index in [1.54, 1.807) is 0 Å². The molecule has 1 aliphatic rings. The molecule has 2 rings (SSSR count). The molecule has 1 heterocycles. The number of halogens is 2. The topological polar surface area (TPSA) is 84.8 Å². The molecule has 0 saturated carbocycles. The van der Waals surface area contributed by atoms with E-state index in [-0.39, 0.29) is 23.4 Å². The summed E-state index contributed by atoms with van der Waals surface area (Å²) in [5.74, 6) is -2.39. The average molecular weight is 346 g/mol. The monoisotopic (exact) mass is 346 g/mol. The van der Waals surface area contributed by atoms with E-state index in [9.17, 15) is 22.0 Å². The minimum atomic E-state index is -3.24. The Hall–Kier alpha value is -2.03. The number of amides is 1. The van der Waals surface area contributed by atoms with Crippen molar-refractivity contribution in [1.82, 2.24) is 5.32 Å². The Kier molecular flexibility index (Phi) is 4.98. The summed E-state index contributed by atoms with van der Waals surface area (Å²) in [5, 5.41) is 6.05. The van der Waals surface area contributed by atoms with Gasteiger partial charge in [-0.1, -0.05) is 11.2 Å². The Balaban J connectivity index is 2.00. The van der Waals surface area contributed by atoms with E-state index in [1.807, 2.05) is 0 Å². The minimum absolute atomic E-state index is 0.00323. The van der Waals surface area contributed by atoms with Gasteiger partial charge in [0.05, 0.1) is 17.0 Å². The summed E-state index contributed by atoms with van der Waals surface area (Å²) < 4.78 is 49.7. The number of sulfone groups is 1. The van der Waals surface area contributed by atoms with Gasteiger partial charge in [0.15, 0.2) is 0 Å². The number of carbonyl (C=O) groups excluding carboxylic acids is 1. The van der Waals surface area contributed by atoms with Crippen molar-refractivity contribution >= 4 is 21.5 Å². The quantitative estimate of drug-likeness (QED) is 0.862. The highest BCUT2D eigenvalue weighted by atomic mass is 32.2. The van der Waals surface area contributed by atoms with Crippen LogP contribution in [0.1, 0.15) is 18.9 Å². The summed E-state index contributed by atoms with van der Waals surface area (Å²) in [4.78, 5) is 16.9. The largest absolute Gasteiger partial charge is 0.382 e. The Morgan fingerprint density at radius 3 is 2.61 bits per heavy atom. The number of hydrogen-bond acceptors (Lipinski definition) is 5. The van der Waals surface area contributed by atoms with E-state index < -0.39 is 39.5 Å². The molecule has 1 aliphatic heterocycles. The molecule has 126 valence electrons. The second-order valence-electron chi connectivity index (χ2n) is 5.43. The van der Waals surface area contributed by atoms with E-state index in [4.69, 9.17) is 4.84 Å². The van der Waals surface area contributed by atoms with Crippen molar-refractivity contribution in [2.45, 2.75) is 25.5 Å². The van der Waals surface area contributed by atoms with Crippen LogP contribution in [0.3, 0.4) is 0 Å². The van der Waals surface area contributed by atoms with Crippen LogP contribution in [0, 0.1) is 11.6 Å². The third-order valence-corrected chi connectivity index (χ3v) is 4.26. The number of benzene rings is 1. The average Bonchev–Trinajstić information content (AvgIpc) is 2.85. The van der Waals surface area contributed by atoms with E-state index in [2.05, 4.69) is 10.5 Å². The van der Waals surface area contributed by atoms with Crippen molar-refractivity contribution in [2.24, 2.45) is 5.16 Å². The van der Waals surface area contributed by atoms with Crippen molar-refractivity contribution in [3.63, 3.8) is 0 Å². The van der Waals surface area contributed by atoms with Gasteiger partial charge in [-0.05, 0) is 19.1 Å². The fourth-order valence-corrected chi connectivity index (χ4v) is 3.26. The molecule has 1 aromatic carbocycles. The number of hydrogen-bond donors (Lipinski definition) is 1. The van der Waals surface area contributed by atoms with Gasteiger partial charge in [-0.25, -0.2) is 17.2 Å². The SMILES string of the molecule is CC(CS(C)(=O)=O)NC(=O)C1CC(c2c(F)cccc2F)=NO1. The van der Waals surface area contributed by atoms with Gasteiger partial charge < -0.3 is 10.2 Å². The Labute approximate surface area is 132 Å². The van der Waals surface area contributed by atoms with Gasteiger partial charge in [-0.15, -0.1) is 0 Å². The maximum absolute atomic E-state index is 13.7. The fraction of sp³-hybridized carbons (Fsp3) is 0.429. The highest BCUT2D eigenvalue weighted by Gasteiger charge is 2.32. The van der Waals surface area contributed by atoms with Gasteiger partial charge in [-0.2, -0.15) is 0 Å². The Bertz CT molecular complexity index is 729. The van der Waals surface area contributed by atoms with Crippen LogP contribution >= 0.6 is 0 Å². The van der Waals surface area contributed by atoms with Crippen molar-refractivity contribution in [2.75, 3.05) is 12.0 Å². The third kappa shape index (κ3) is 4.47. The Morgan fingerprint density at radius 1 is 1.43 bits per heavy atom. The molecule has 1 aromatic rings. The lowest BCUT2D eigenvalue weighted by Gasteiger charge is -2.15. The molecule has 0 radical (unpaired) electrons. The summed E-state index contributed by atoms with van der Waals surface area (Å²) in [6, 6.07) is 2.78. The molecular weight excluding hydrogens is 330 g/mol. The number of oxime groups is 1. The number of nitrogens with zero attached hydrogens (tertiary/aromatic N) is 1. The predicted octanol–water partition coefficient (Wildman–Crippen LogP) is 1.01. The third-order valence-electron chi connectivity index (χ3n) is 3.15. The van der Waals surface area contributed by atoms with Crippen LogP contribution in [-0.4, -0.2) is 44.2 Å². The molecule has 0 fully saturated rings. The van der Waals surface area contributed by atoms with Crippen molar-refractivity contribution in [3.05, 3.63) is 35.4 Å². The molecule has 6 nitrogen and oxygen atoms in total. The summed E-state index contributed by atoms with van der Waals surface area (Å²) >= 11 is 0. The zero-order valence-electron chi connectivity index (χ0n) is 12.5. The molecule has 0 bridgehead atoms. The normalized spacial score (nSPS) is 19.0. The van der Waals surface area contributed by atoms with E-state index in [0.717, 1.165) is 18.4 Å². The maximum Gasteiger partial charge on any atom is 0.264 e. The summed E-state index contributed by atoms with van der Waals surface area (Å²) in [6.07, 6.45) is -0.0925. The van der Waals surface area contributed by atoms with Gasteiger partial charge in [-0.3, -0.25) is 4.79 Å². The van der Waals surface area contributed by atoms with Gasteiger partial charge in [0.25, 0.3) is 5.91 Å². The van der Waals surface area contributed by atoms with Gasteiger partial charge in [0.1, 0.15) is 21.5 Å². The smallest absolute Gasteiger partial charge is 0.264 e. The predicted molar refractivity (Wildman–Crippen MR) is 79.7 cm³/mol. The van der Waals surface area contributed by atoms with Crippen LogP contribution < -0.4 is 5.32 Å². The molecule has 2 atom stereocenters. The van der Waals surface area contributed by atoms with E-state index >= 15 is 0 Å². The molecule has 0 aliphatic carbocycles. The van der Waals surface area contributed by atoms with Crippen LogP contribution in [-0.2, 0) is 19.5 Å². The molecular formula is C14H16F2N2O4S. The molecule has 0 aromatic heterocycles. The van der Waals surface area contributed by atoms with Crippen LogP contribution in [0.4, 0.5) is 8.78 Å². The van der Waals surface area contributed by atoms with Gasteiger partial charge >= 0.3 is 0 Å². The first-order valence-electron chi connectivity index (χ1n) is 6.82. The number of rotatable bonds is 5. The lowest BCUT2D eigenvalue weighted by molar-refractivity contribution is -0.131. The fourth-order valence-electron chi connectivity index (χ4n) is 2.27. The number of nitrogens with one attached hydrogen (secondary N) is 1. The van der Waals surface area contributed by atoms with Crippen molar-refractivity contribution in [3.8, 4) is 0 Å². The first-order chi connectivity index (χ1) is 10.7. The van der Waals surface area contributed by atoms with E-state index in [1.165, 1.54) is 13.0 Å². The van der Waals surface area contributed by atoms with Crippen LogP contribution in [0.5, 0.6) is 0 Å². The zero-order chi connectivity index (χ0) is 17.2. The van der Waals surface area contributed by atoms with Crippen LogP contribution in [0.25, 0.3) is 0 Å². The van der Waals surface area contributed by atoms with E-state index in [0.29, 0.717) is 0 Å². The highest BCUT2D eigenvalue weighted by Crippen LogP contribution is 2.21. The maximum atomic E-state index is 13.7. The van der Waals surface area contributed by atoms with Crippen LogP contribution in [0.2, 0.25) is 0 Å². The Morgan fingerprint density at radius 2 is 2.04 bits per heavy atom. The summed E-state index contributed by atoms with van der Waals surface area (Å²) in [6.45, 7) is 1.53. The lowest BCUT2D eigenvalue weighted by Crippen LogP contribution is -2.43. The first-order valence-corrected chi connectivity index (χ1v) is 8.88. The van der Waals surface area contributed by atoms with Gasteiger partial charge in [0, 0.05) is 18.7 Å². The minimum Gasteiger partial charge on any atom is -0.382 e. The highest BCUT2D eigenvalue weighted by molar-refractivity contribution is 7.90. The summed E-state index contributed by atoms with van der Waals surface area (Å²) in [7, 11) is -3.24. The second-order valence-corrected chi connectivity index (χ2v) is 7.62. The van der Waals surface area contributed by atoms with Gasteiger partial charge in [0.2, 0.25) is 6.10 Å². The molecule has 1 amide bonds. The molecule has 0 spiro atoms. The molecule has 0 saturated heterocycles. The van der Waals surface area contributed by atoms with Crippen LogP contribution in [0.15, 0.2) is 23.4 Å². The molecule has 23 heavy (non-hydrogen) atoms. The number of carbonyl (C=O) groups is 1. The molecule has 2 unspecified atom stereocenters. The lowest BCUT2D eigenvalue weighted by atomic mass is 10.0. The second kappa shape index (κ2) is 6.61. The molecule has 1 N–H and O–H groups in total. The standard InChI is InChI=1S/C14H16F2N2O4S/c1-8(7-23(2,20)21)17-14(19)12-6-11(18-22-12)13-9(15)4-3-5-10(13)16/h3-5,8,12H,6-7H2,1-2H3,(H,17,19). The zero-order valence-corrected chi connectivity index (χ0v) is 13.4.